The number of esters is 1. The number of ether oxygens (including phenoxy) is 1. The Morgan fingerprint density at radius 2 is 1.68 bits per heavy atom. The molecule has 0 atom stereocenters. The molecule has 5 heteroatoms. The van der Waals surface area contributed by atoms with Crippen LogP contribution in [0.4, 0.5) is 0 Å². The summed E-state index contributed by atoms with van der Waals surface area (Å²) in [5, 5.41) is 0. The van der Waals surface area contributed by atoms with Crippen LogP contribution in [0.15, 0.2) is 11.1 Å². The zero-order chi connectivity index (χ0) is 16.5. The van der Waals surface area contributed by atoms with E-state index in [0.29, 0.717) is 6.32 Å². The van der Waals surface area contributed by atoms with E-state index in [1.807, 2.05) is 27.7 Å². The Balaban J connectivity index is 2.16. The Labute approximate surface area is 134 Å². The molecule has 22 heavy (non-hydrogen) atoms. The highest BCUT2D eigenvalue weighted by Crippen LogP contribution is 2.40. The van der Waals surface area contributed by atoms with Crippen LogP contribution < -0.4 is 0 Å². The summed E-state index contributed by atoms with van der Waals surface area (Å²) in [5.74, 6) is 0.499. The molecule has 0 spiro atoms. The lowest BCUT2D eigenvalue weighted by Crippen LogP contribution is -2.41. The zero-order valence-electron chi connectivity index (χ0n) is 14.8. The molecule has 0 aromatic carbocycles. The highest BCUT2D eigenvalue weighted by molar-refractivity contribution is 6.47. The third kappa shape index (κ3) is 3.57. The number of rotatable bonds is 3. The van der Waals surface area contributed by atoms with Crippen molar-refractivity contribution in [2.45, 2.75) is 77.8 Å². The van der Waals surface area contributed by atoms with Gasteiger partial charge in [-0.1, -0.05) is 12.5 Å². The fourth-order valence-electron chi connectivity index (χ4n) is 3.12. The quantitative estimate of drug-likeness (QED) is 0.452. The summed E-state index contributed by atoms with van der Waals surface area (Å²) in [7, 11) is 1.06. The lowest BCUT2D eigenvalue weighted by Gasteiger charge is -2.32. The van der Waals surface area contributed by atoms with E-state index in [0.717, 1.165) is 37.2 Å². The highest BCUT2D eigenvalue weighted by atomic mass is 16.7. The van der Waals surface area contributed by atoms with Crippen molar-refractivity contribution in [2.24, 2.45) is 5.92 Å². The van der Waals surface area contributed by atoms with Gasteiger partial charge in [0.15, 0.2) is 0 Å². The van der Waals surface area contributed by atoms with Crippen LogP contribution in [0.25, 0.3) is 0 Å². The Hall–Kier alpha value is -0.805. The summed E-state index contributed by atoms with van der Waals surface area (Å²) >= 11 is 0. The molecule has 0 radical (unpaired) electrons. The van der Waals surface area contributed by atoms with E-state index in [-0.39, 0.29) is 24.3 Å². The number of allylic oxidation sites excluding steroid dienone is 1. The molecular weight excluding hydrogens is 279 g/mol. The molecule has 0 N–H and O–H groups in total. The smallest absolute Gasteiger partial charge is 0.462 e. The normalized spacial score (nSPS) is 26.9. The molecule has 1 saturated heterocycles. The standard InChI is InChI=1S/C17H29BO4/c1-12-7-9-13(10-8-12)14(15(19)20-6)11-18-21-16(2,3)17(4,5)22-18/h12H,7-11H2,1-6H3. The van der Waals surface area contributed by atoms with Crippen LogP contribution in [0.5, 0.6) is 0 Å². The molecule has 0 aromatic rings. The number of hydrogen-bond donors (Lipinski definition) is 0. The predicted molar refractivity (Wildman–Crippen MR) is 87.6 cm³/mol. The van der Waals surface area contributed by atoms with Crippen molar-refractivity contribution in [3.05, 3.63) is 11.1 Å². The summed E-state index contributed by atoms with van der Waals surface area (Å²) < 4.78 is 17.1. The van der Waals surface area contributed by atoms with Crippen LogP contribution in [-0.2, 0) is 18.8 Å². The van der Waals surface area contributed by atoms with E-state index < -0.39 is 0 Å². The number of hydrogen-bond acceptors (Lipinski definition) is 4. The number of carbonyl (C=O) groups is 1. The molecule has 2 rings (SSSR count). The lowest BCUT2D eigenvalue weighted by atomic mass is 9.75. The van der Waals surface area contributed by atoms with E-state index in [1.54, 1.807) is 0 Å². The topological polar surface area (TPSA) is 44.8 Å². The monoisotopic (exact) mass is 308 g/mol. The van der Waals surface area contributed by atoms with E-state index in [2.05, 4.69) is 6.92 Å². The van der Waals surface area contributed by atoms with Gasteiger partial charge in [0.25, 0.3) is 0 Å². The van der Waals surface area contributed by atoms with Crippen LogP contribution in [0.3, 0.4) is 0 Å². The van der Waals surface area contributed by atoms with Crippen LogP contribution in [0, 0.1) is 5.92 Å². The van der Waals surface area contributed by atoms with Crippen LogP contribution >= 0.6 is 0 Å². The summed E-state index contributed by atoms with van der Waals surface area (Å²) in [6, 6.07) is 0. The molecule has 1 saturated carbocycles. The zero-order valence-corrected chi connectivity index (χ0v) is 14.8. The second-order valence-electron chi connectivity index (χ2n) is 7.65. The third-order valence-corrected chi connectivity index (χ3v) is 5.41. The van der Waals surface area contributed by atoms with Gasteiger partial charge >= 0.3 is 13.1 Å². The summed E-state index contributed by atoms with van der Waals surface area (Å²) in [4.78, 5) is 12.2. The van der Waals surface area contributed by atoms with Crippen molar-refractivity contribution in [1.29, 1.82) is 0 Å². The van der Waals surface area contributed by atoms with Crippen LogP contribution in [0.1, 0.15) is 60.3 Å². The lowest BCUT2D eigenvalue weighted by molar-refractivity contribution is -0.136. The van der Waals surface area contributed by atoms with E-state index in [9.17, 15) is 4.79 Å². The number of methoxy groups -OCH3 is 1. The van der Waals surface area contributed by atoms with Gasteiger partial charge in [0, 0.05) is 11.9 Å². The fourth-order valence-corrected chi connectivity index (χ4v) is 3.12. The first-order valence-corrected chi connectivity index (χ1v) is 8.31. The van der Waals surface area contributed by atoms with E-state index in [4.69, 9.17) is 14.0 Å². The second-order valence-corrected chi connectivity index (χ2v) is 7.65. The van der Waals surface area contributed by atoms with Crippen molar-refractivity contribution < 1.29 is 18.8 Å². The minimum Gasteiger partial charge on any atom is -0.466 e. The molecule has 1 heterocycles. The van der Waals surface area contributed by atoms with Crippen LogP contribution in [-0.4, -0.2) is 31.4 Å². The maximum absolute atomic E-state index is 12.2. The average Bonchev–Trinajstić information content (AvgIpc) is 2.64. The van der Waals surface area contributed by atoms with Gasteiger partial charge in [-0.3, -0.25) is 0 Å². The largest absolute Gasteiger partial charge is 0.466 e. The van der Waals surface area contributed by atoms with Gasteiger partial charge < -0.3 is 14.0 Å². The van der Waals surface area contributed by atoms with Gasteiger partial charge in [0.2, 0.25) is 0 Å². The minimum atomic E-state index is -0.383. The van der Waals surface area contributed by atoms with Crippen LogP contribution in [0.2, 0.25) is 6.32 Å². The maximum atomic E-state index is 12.2. The van der Waals surface area contributed by atoms with Crippen molar-refractivity contribution in [3.8, 4) is 0 Å². The Kier molecular flexibility index (Phi) is 5.08. The second kappa shape index (κ2) is 6.36. The molecule has 4 nitrogen and oxygen atoms in total. The molecular formula is C17H29BO4. The minimum absolute atomic E-state index is 0.237. The summed E-state index contributed by atoms with van der Waals surface area (Å²) in [6.45, 7) is 10.4. The number of carbonyl (C=O) groups excluding carboxylic acids is 1. The molecule has 2 fully saturated rings. The molecule has 1 aliphatic carbocycles. The van der Waals surface area contributed by atoms with E-state index >= 15 is 0 Å². The molecule has 0 amide bonds. The van der Waals surface area contributed by atoms with Gasteiger partial charge in [0.1, 0.15) is 0 Å². The Morgan fingerprint density at radius 3 is 2.14 bits per heavy atom. The van der Waals surface area contributed by atoms with Crippen molar-refractivity contribution >= 4 is 13.1 Å². The van der Waals surface area contributed by atoms with E-state index in [1.165, 1.54) is 12.7 Å². The molecule has 1 aliphatic heterocycles. The molecule has 0 aromatic heterocycles. The van der Waals surface area contributed by atoms with Crippen molar-refractivity contribution in [2.75, 3.05) is 7.11 Å². The highest BCUT2D eigenvalue weighted by Gasteiger charge is 2.51. The summed E-state index contributed by atoms with van der Waals surface area (Å²) in [6.07, 6.45) is 4.71. The van der Waals surface area contributed by atoms with Gasteiger partial charge in [-0.25, -0.2) is 4.79 Å². The van der Waals surface area contributed by atoms with Crippen molar-refractivity contribution in [3.63, 3.8) is 0 Å². The first-order chi connectivity index (χ1) is 10.2. The Morgan fingerprint density at radius 1 is 1.18 bits per heavy atom. The molecule has 0 bridgehead atoms. The first kappa shape index (κ1) is 17.5. The summed E-state index contributed by atoms with van der Waals surface area (Å²) in [5.41, 5.74) is 1.24. The first-order valence-electron chi connectivity index (χ1n) is 8.31. The third-order valence-electron chi connectivity index (χ3n) is 5.41. The predicted octanol–water partition coefficient (Wildman–Crippen LogP) is 3.76. The Bertz CT molecular complexity index is 441. The average molecular weight is 308 g/mol. The fraction of sp³-hybridized carbons (Fsp3) is 0.824. The molecule has 0 unspecified atom stereocenters. The SMILES string of the molecule is COC(=O)C(CB1OC(C)(C)C(C)(C)O1)=C1CCC(C)CC1. The van der Waals surface area contributed by atoms with Gasteiger partial charge in [-0.15, -0.1) is 0 Å². The maximum Gasteiger partial charge on any atom is 0.462 e. The van der Waals surface area contributed by atoms with Crippen molar-refractivity contribution in [1.82, 2.24) is 0 Å². The van der Waals surface area contributed by atoms with Gasteiger partial charge in [-0.2, -0.15) is 0 Å². The van der Waals surface area contributed by atoms with Gasteiger partial charge in [0.05, 0.1) is 18.3 Å². The van der Waals surface area contributed by atoms with Gasteiger partial charge in [-0.05, 0) is 59.3 Å². The molecule has 2 aliphatic rings. The molecule has 124 valence electrons.